The number of carbonyl (C=O) groups excluding carboxylic acids is 4. The number of nitrogens with zero attached hydrogens (tertiary/aromatic N) is 2. The minimum atomic E-state index is -4.40. The second kappa shape index (κ2) is 11.9. The maximum absolute atomic E-state index is 13.0. The van der Waals surface area contributed by atoms with E-state index in [0.29, 0.717) is 48.4 Å². The summed E-state index contributed by atoms with van der Waals surface area (Å²) in [6, 6.07) is 8.96. The lowest BCUT2D eigenvalue weighted by molar-refractivity contribution is -0.138. The summed E-state index contributed by atoms with van der Waals surface area (Å²) in [6.07, 6.45) is -1.73. The highest BCUT2D eigenvalue weighted by Crippen LogP contribution is 2.34. The van der Waals surface area contributed by atoms with E-state index in [1.165, 1.54) is 17.0 Å². The Balaban J connectivity index is 1.10. The number of hydrogen-bond acceptors (Lipinski definition) is 6. The van der Waals surface area contributed by atoms with Crippen LogP contribution in [0.15, 0.2) is 42.5 Å². The van der Waals surface area contributed by atoms with Crippen LogP contribution in [-0.4, -0.2) is 65.2 Å². The zero-order chi connectivity index (χ0) is 29.1. The van der Waals surface area contributed by atoms with Crippen LogP contribution in [0.5, 0.6) is 5.75 Å². The first-order valence-corrected chi connectivity index (χ1v) is 13.7. The lowest BCUT2D eigenvalue weighted by Gasteiger charge is -2.29. The van der Waals surface area contributed by atoms with Gasteiger partial charge in [0, 0.05) is 30.6 Å². The van der Waals surface area contributed by atoms with E-state index in [1.807, 2.05) is 0 Å². The highest BCUT2D eigenvalue weighted by atomic mass is 19.4. The van der Waals surface area contributed by atoms with E-state index in [0.717, 1.165) is 25.1 Å². The Labute approximate surface area is 235 Å². The number of piperidine rings is 1. The van der Waals surface area contributed by atoms with Crippen molar-refractivity contribution in [3.8, 4) is 5.75 Å². The molecule has 0 aromatic heterocycles. The summed E-state index contributed by atoms with van der Waals surface area (Å²) in [6.45, 7) is 2.12. The fourth-order valence-electron chi connectivity index (χ4n) is 5.65. The molecule has 0 aliphatic carbocycles. The maximum Gasteiger partial charge on any atom is 0.416 e. The minimum absolute atomic E-state index is 0.151. The van der Waals surface area contributed by atoms with E-state index in [9.17, 15) is 32.3 Å². The number of fused-ring (bicyclic) bond motifs is 1. The van der Waals surface area contributed by atoms with Gasteiger partial charge in [0.05, 0.1) is 24.8 Å². The van der Waals surface area contributed by atoms with Crippen LogP contribution in [0.4, 0.5) is 13.2 Å². The molecule has 3 aliphatic heterocycles. The molecule has 2 N–H and O–H groups in total. The number of benzene rings is 2. The summed E-state index contributed by atoms with van der Waals surface area (Å²) >= 11 is 0. The molecule has 3 aliphatic rings. The SMILES string of the molecule is O=C1CCC(N2Cc3c(OCCCN4CCCC4C(=O)NCc4ccc(C(F)(F)F)cc4)cccc3C2=O)C(=O)N1. The lowest BCUT2D eigenvalue weighted by atomic mass is 10.0. The van der Waals surface area contributed by atoms with Crippen LogP contribution in [0.1, 0.15) is 59.2 Å². The van der Waals surface area contributed by atoms with Crippen LogP contribution in [0.3, 0.4) is 0 Å². The van der Waals surface area contributed by atoms with Crippen molar-refractivity contribution in [2.45, 2.75) is 63.5 Å². The Morgan fingerprint density at radius 1 is 1.07 bits per heavy atom. The van der Waals surface area contributed by atoms with Crippen LogP contribution in [0, 0.1) is 0 Å². The van der Waals surface area contributed by atoms with Gasteiger partial charge in [-0.3, -0.25) is 29.4 Å². The molecule has 2 aromatic carbocycles. The second-order valence-electron chi connectivity index (χ2n) is 10.5. The van der Waals surface area contributed by atoms with E-state index in [1.54, 1.807) is 18.2 Å². The van der Waals surface area contributed by atoms with Crippen LogP contribution in [-0.2, 0) is 33.6 Å². The number of halogens is 3. The average Bonchev–Trinajstić information content (AvgIpc) is 3.54. The third-order valence-electron chi connectivity index (χ3n) is 7.80. The molecule has 5 rings (SSSR count). The monoisotopic (exact) mass is 572 g/mol. The zero-order valence-corrected chi connectivity index (χ0v) is 22.3. The van der Waals surface area contributed by atoms with Crippen molar-refractivity contribution in [2.75, 3.05) is 19.7 Å². The number of carbonyl (C=O) groups is 4. The molecule has 0 bridgehead atoms. The van der Waals surface area contributed by atoms with Gasteiger partial charge in [-0.15, -0.1) is 0 Å². The third-order valence-corrected chi connectivity index (χ3v) is 7.80. The van der Waals surface area contributed by atoms with Crippen LogP contribution < -0.4 is 15.4 Å². The van der Waals surface area contributed by atoms with Gasteiger partial charge in [0.1, 0.15) is 11.8 Å². The lowest BCUT2D eigenvalue weighted by Crippen LogP contribution is -2.52. The van der Waals surface area contributed by atoms with Gasteiger partial charge in [-0.2, -0.15) is 13.2 Å². The molecule has 41 heavy (non-hydrogen) atoms. The topological polar surface area (TPSA) is 108 Å². The average molecular weight is 573 g/mol. The number of amides is 4. The minimum Gasteiger partial charge on any atom is -0.493 e. The largest absolute Gasteiger partial charge is 0.493 e. The van der Waals surface area contributed by atoms with E-state index >= 15 is 0 Å². The van der Waals surface area contributed by atoms with Crippen LogP contribution in [0.2, 0.25) is 0 Å². The molecule has 12 heteroatoms. The van der Waals surface area contributed by atoms with Crippen molar-refractivity contribution in [1.82, 2.24) is 20.4 Å². The van der Waals surface area contributed by atoms with Gasteiger partial charge < -0.3 is 15.0 Å². The van der Waals surface area contributed by atoms with Crippen molar-refractivity contribution < 1.29 is 37.1 Å². The smallest absolute Gasteiger partial charge is 0.416 e. The highest BCUT2D eigenvalue weighted by molar-refractivity contribution is 6.05. The number of hydrogen-bond donors (Lipinski definition) is 2. The van der Waals surface area contributed by atoms with E-state index in [-0.39, 0.29) is 49.7 Å². The van der Waals surface area contributed by atoms with E-state index < -0.39 is 23.7 Å². The van der Waals surface area contributed by atoms with Gasteiger partial charge in [-0.05, 0) is 62.1 Å². The molecule has 2 fully saturated rings. The van der Waals surface area contributed by atoms with E-state index in [2.05, 4.69) is 15.5 Å². The summed E-state index contributed by atoms with van der Waals surface area (Å²) in [5.41, 5.74) is 1.06. The molecule has 0 spiro atoms. The van der Waals surface area contributed by atoms with Crippen molar-refractivity contribution in [3.05, 3.63) is 64.7 Å². The summed E-state index contributed by atoms with van der Waals surface area (Å²) in [7, 11) is 0. The van der Waals surface area contributed by atoms with E-state index in [4.69, 9.17) is 4.74 Å². The molecule has 0 saturated carbocycles. The first kappa shape index (κ1) is 28.6. The van der Waals surface area contributed by atoms with Crippen LogP contribution >= 0.6 is 0 Å². The fraction of sp³-hybridized carbons (Fsp3) is 0.448. The van der Waals surface area contributed by atoms with Crippen LogP contribution in [0.25, 0.3) is 0 Å². The van der Waals surface area contributed by atoms with Crippen molar-refractivity contribution in [3.63, 3.8) is 0 Å². The van der Waals surface area contributed by atoms with Crippen molar-refractivity contribution in [2.24, 2.45) is 0 Å². The quantitative estimate of drug-likeness (QED) is 0.354. The molecule has 4 amide bonds. The van der Waals surface area contributed by atoms with Crippen molar-refractivity contribution >= 4 is 23.6 Å². The summed E-state index contributed by atoms with van der Waals surface area (Å²) in [5, 5.41) is 5.14. The van der Waals surface area contributed by atoms with Gasteiger partial charge in [0.2, 0.25) is 17.7 Å². The summed E-state index contributed by atoms with van der Waals surface area (Å²) in [5.74, 6) is -0.652. The first-order valence-electron chi connectivity index (χ1n) is 13.7. The predicted molar refractivity (Wildman–Crippen MR) is 140 cm³/mol. The van der Waals surface area contributed by atoms with Gasteiger partial charge in [-0.1, -0.05) is 18.2 Å². The van der Waals surface area contributed by atoms with Gasteiger partial charge in [0.25, 0.3) is 5.91 Å². The molecule has 2 unspecified atom stereocenters. The second-order valence-corrected chi connectivity index (χ2v) is 10.5. The molecule has 0 radical (unpaired) electrons. The van der Waals surface area contributed by atoms with Crippen molar-refractivity contribution in [1.29, 1.82) is 0 Å². The fourth-order valence-corrected chi connectivity index (χ4v) is 5.65. The zero-order valence-electron chi connectivity index (χ0n) is 22.3. The Morgan fingerprint density at radius 3 is 2.59 bits per heavy atom. The Hall–Kier alpha value is -3.93. The standard InChI is InChI=1S/C29H31F3N4O5/c30-29(31,32)19-9-7-18(8-10-19)16-33-26(38)22-5-2-13-35(22)14-3-15-41-24-6-1-4-20-21(24)17-36(28(20)40)23-11-12-25(37)34-27(23)39/h1,4,6-10,22-23H,2-3,5,11-17H2,(H,33,38)(H,34,37,39). The molecular weight excluding hydrogens is 541 g/mol. The first-order chi connectivity index (χ1) is 19.6. The molecule has 2 saturated heterocycles. The number of ether oxygens (including phenoxy) is 1. The summed E-state index contributed by atoms with van der Waals surface area (Å²) in [4.78, 5) is 53.2. The van der Waals surface area contributed by atoms with Gasteiger partial charge >= 0.3 is 6.18 Å². The molecular formula is C29H31F3N4O5. The number of rotatable bonds is 9. The third kappa shape index (κ3) is 6.37. The van der Waals surface area contributed by atoms with Gasteiger partial charge in [0.15, 0.2) is 0 Å². The molecule has 2 aromatic rings. The molecule has 218 valence electrons. The Morgan fingerprint density at radius 2 is 1.85 bits per heavy atom. The normalized spacial score (nSPS) is 21.1. The molecule has 2 atom stereocenters. The number of likely N-dealkylation sites (tertiary alicyclic amines) is 1. The summed E-state index contributed by atoms with van der Waals surface area (Å²) < 4.78 is 44.3. The number of alkyl halides is 3. The predicted octanol–water partition coefficient (Wildman–Crippen LogP) is 3.02. The molecule has 9 nitrogen and oxygen atoms in total. The Bertz CT molecular complexity index is 1330. The highest BCUT2D eigenvalue weighted by Gasteiger charge is 2.40. The Kier molecular flexibility index (Phi) is 8.30. The maximum atomic E-state index is 13.0. The molecule has 3 heterocycles. The number of nitrogens with one attached hydrogen (secondary N) is 2. The van der Waals surface area contributed by atoms with Gasteiger partial charge in [-0.25, -0.2) is 0 Å². The number of imide groups is 1.